The molecule has 2 fully saturated rings. The van der Waals surface area contributed by atoms with Gasteiger partial charge in [0, 0.05) is 24.9 Å². The lowest BCUT2D eigenvalue weighted by Gasteiger charge is -2.36. The lowest BCUT2D eigenvalue weighted by molar-refractivity contribution is -0.131. The molecule has 3 N–H and O–H groups in total. The average molecular weight is 550 g/mol. The van der Waals surface area contributed by atoms with Gasteiger partial charge in [-0.1, -0.05) is 30.3 Å². The minimum atomic E-state index is -2.86. The van der Waals surface area contributed by atoms with Gasteiger partial charge in [0.1, 0.15) is 24.4 Å². The molecule has 2 aliphatic rings. The van der Waals surface area contributed by atoms with Crippen molar-refractivity contribution >= 4 is 19.1 Å². The standard InChI is InChI=1S/C26H34BF3N4O5/c1-24(2,33-10-9-26(29,30)16-33)12-19(14-31)22(35)34-15-20(28)13-25(34,3)17-39-23(36)32-21(27(37)38)11-18-7-5-4-6-8-18/h4-8,12,20-21,37-38H,9-11,13,15-17H2,1-3H3,(H,32,36)/b19-12+/t20-,21-,25+/m0/s1. The second kappa shape index (κ2) is 12.0. The Kier molecular flexibility index (Phi) is 9.36. The van der Waals surface area contributed by atoms with E-state index in [4.69, 9.17) is 4.74 Å². The number of hydrogen-bond acceptors (Lipinski definition) is 7. The summed E-state index contributed by atoms with van der Waals surface area (Å²) in [6.45, 7) is 3.58. The quantitative estimate of drug-likeness (QED) is 0.245. The zero-order valence-electron chi connectivity index (χ0n) is 22.2. The molecule has 0 spiro atoms. The van der Waals surface area contributed by atoms with Gasteiger partial charge in [-0.05, 0) is 38.8 Å². The Morgan fingerprint density at radius 2 is 2.00 bits per heavy atom. The number of carbonyl (C=O) groups is 2. The van der Waals surface area contributed by atoms with E-state index >= 15 is 0 Å². The fourth-order valence-electron chi connectivity index (χ4n) is 5.01. The first-order chi connectivity index (χ1) is 18.2. The molecule has 2 heterocycles. The first kappa shape index (κ1) is 30.5. The molecule has 39 heavy (non-hydrogen) atoms. The van der Waals surface area contributed by atoms with Crippen molar-refractivity contribution in [3.63, 3.8) is 0 Å². The van der Waals surface area contributed by atoms with E-state index in [2.05, 4.69) is 5.32 Å². The lowest BCUT2D eigenvalue weighted by atomic mass is 9.76. The zero-order chi connectivity index (χ0) is 29.0. The number of nitrogens with zero attached hydrogens (tertiary/aromatic N) is 3. The van der Waals surface area contributed by atoms with Gasteiger partial charge in [-0.2, -0.15) is 5.26 Å². The average Bonchev–Trinajstić information content (AvgIpc) is 3.39. The Bertz CT molecular complexity index is 1110. The molecule has 2 saturated heterocycles. The fraction of sp³-hybridized carbons (Fsp3) is 0.577. The molecule has 2 aliphatic heterocycles. The van der Waals surface area contributed by atoms with Crippen molar-refractivity contribution in [1.82, 2.24) is 15.1 Å². The third-order valence-electron chi connectivity index (χ3n) is 7.25. The van der Waals surface area contributed by atoms with Crippen LogP contribution in [0.25, 0.3) is 0 Å². The molecular weight excluding hydrogens is 516 g/mol. The number of carbonyl (C=O) groups excluding carboxylic acids is 2. The molecule has 3 atom stereocenters. The molecule has 212 valence electrons. The van der Waals surface area contributed by atoms with Gasteiger partial charge < -0.3 is 25.0 Å². The lowest BCUT2D eigenvalue weighted by Crippen LogP contribution is -2.52. The first-order valence-electron chi connectivity index (χ1n) is 12.7. The molecule has 3 rings (SSSR count). The first-order valence-corrected chi connectivity index (χ1v) is 12.7. The largest absolute Gasteiger partial charge is 0.475 e. The van der Waals surface area contributed by atoms with E-state index in [0.29, 0.717) is 0 Å². The summed E-state index contributed by atoms with van der Waals surface area (Å²) in [4.78, 5) is 28.5. The predicted molar refractivity (Wildman–Crippen MR) is 137 cm³/mol. The number of alkyl halides is 3. The highest BCUT2D eigenvalue weighted by molar-refractivity contribution is 6.43. The monoisotopic (exact) mass is 550 g/mol. The van der Waals surface area contributed by atoms with Crippen molar-refractivity contribution in [3.8, 4) is 6.07 Å². The van der Waals surface area contributed by atoms with Crippen molar-refractivity contribution < 1.29 is 37.5 Å². The molecule has 0 saturated carbocycles. The van der Waals surface area contributed by atoms with Crippen LogP contribution in [0.3, 0.4) is 0 Å². The molecule has 13 heteroatoms. The van der Waals surface area contributed by atoms with Crippen LogP contribution in [0.2, 0.25) is 0 Å². The van der Waals surface area contributed by atoms with Gasteiger partial charge in [0.15, 0.2) is 0 Å². The number of halogens is 3. The minimum Gasteiger partial charge on any atom is -0.447 e. The Morgan fingerprint density at radius 3 is 2.56 bits per heavy atom. The van der Waals surface area contributed by atoms with Crippen molar-refractivity contribution in [2.75, 3.05) is 26.2 Å². The van der Waals surface area contributed by atoms with E-state index < -0.39 is 61.4 Å². The number of rotatable bonds is 9. The normalized spacial score (nSPS) is 24.2. The zero-order valence-corrected chi connectivity index (χ0v) is 22.2. The van der Waals surface area contributed by atoms with Gasteiger partial charge >= 0.3 is 13.2 Å². The highest BCUT2D eigenvalue weighted by Crippen LogP contribution is 2.35. The van der Waals surface area contributed by atoms with Crippen LogP contribution < -0.4 is 5.32 Å². The maximum absolute atomic E-state index is 14.5. The van der Waals surface area contributed by atoms with E-state index in [1.165, 1.54) is 17.9 Å². The van der Waals surface area contributed by atoms with Crippen LogP contribution in [-0.4, -0.2) is 94.3 Å². The number of ether oxygens (including phenoxy) is 1. The summed E-state index contributed by atoms with van der Waals surface area (Å²) in [5.74, 6) is -4.74. The van der Waals surface area contributed by atoms with Gasteiger partial charge in [-0.3, -0.25) is 9.69 Å². The van der Waals surface area contributed by atoms with Gasteiger partial charge in [0.05, 0.1) is 24.6 Å². The molecule has 0 radical (unpaired) electrons. The molecule has 0 aliphatic carbocycles. The molecule has 0 bridgehead atoms. The number of amides is 2. The Hall–Kier alpha value is -3.08. The summed E-state index contributed by atoms with van der Waals surface area (Å²) in [6.07, 6.45) is -1.51. The Labute approximate surface area is 226 Å². The molecule has 1 aromatic rings. The highest BCUT2D eigenvalue weighted by Gasteiger charge is 2.48. The molecule has 0 unspecified atom stereocenters. The number of hydrogen-bond donors (Lipinski definition) is 3. The predicted octanol–water partition coefficient (Wildman–Crippen LogP) is 2.23. The third-order valence-corrected chi connectivity index (χ3v) is 7.25. The van der Waals surface area contributed by atoms with E-state index in [-0.39, 0.29) is 37.9 Å². The summed E-state index contributed by atoms with van der Waals surface area (Å²) in [5.41, 5.74) is -1.93. The van der Waals surface area contributed by atoms with Gasteiger partial charge in [-0.15, -0.1) is 0 Å². The van der Waals surface area contributed by atoms with Crippen molar-refractivity contribution in [2.45, 2.75) is 69.1 Å². The van der Waals surface area contributed by atoms with E-state index in [1.54, 1.807) is 44.2 Å². The SMILES string of the molecule is CC(C)(/C=C(\C#N)C(=O)N1C[C@@H](F)C[C@]1(C)COC(=O)N[C@@H](Cc1ccccc1)B(O)O)N1CCC(F)(F)C1. The molecular formula is C26H34BF3N4O5. The van der Waals surface area contributed by atoms with Gasteiger partial charge in [-0.25, -0.2) is 18.0 Å². The topological polar surface area (TPSA) is 126 Å². The molecule has 1 aromatic carbocycles. The summed E-state index contributed by atoms with van der Waals surface area (Å²) in [5, 5.41) is 31.5. The molecule has 0 aromatic heterocycles. The summed E-state index contributed by atoms with van der Waals surface area (Å²) < 4.78 is 47.3. The second-order valence-corrected chi connectivity index (χ2v) is 11.0. The van der Waals surface area contributed by atoms with Crippen molar-refractivity contribution in [2.24, 2.45) is 0 Å². The van der Waals surface area contributed by atoms with Crippen LogP contribution in [0, 0.1) is 11.3 Å². The van der Waals surface area contributed by atoms with E-state index in [1.807, 2.05) is 6.07 Å². The van der Waals surface area contributed by atoms with Crippen LogP contribution in [0.15, 0.2) is 42.0 Å². The van der Waals surface area contributed by atoms with Gasteiger partial charge in [0.2, 0.25) is 0 Å². The maximum Gasteiger partial charge on any atom is 0.475 e. The van der Waals surface area contributed by atoms with E-state index in [0.717, 1.165) is 10.5 Å². The van der Waals surface area contributed by atoms with Crippen LogP contribution in [0.1, 0.15) is 39.2 Å². The second-order valence-electron chi connectivity index (χ2n) is 11.0. The summed E-state index contributed by atoms with van der Waals surface area (Å²) in [7, 11) is -1.88. The van der Waals surface area contributed by atoms with Crippen LogP contribution in [0.4, 0.5) is 18.0 Å². The van der Waals surface area contributed by atoms with Crippen LogP contribution >= 0.6 is 0 Å². The van der Waals surface area contributed by atoms with Crippen molar-refractivity contribution in [3.05, 3.63) is 47.5 Å². The Morgan fingerprint density at radius 1 is 1.33 bits per heavy atom. The van der Waals surface area contributed by atoms with E-state index in [9.17, 15) is 38.1 Å². The number of benzene rings is 1. The molecule has 9 nitrogen and oxygen atoms in total. The summed E-state index contributed by atoms with van der Waals surface area (Å²) >= 11 is 0. The minimum absolute atomic E-state index is 0.0914. The number of nitriles is 1. The smallest absolute Gasteiger partial charge is 0.447 e. The molecule has 2 amide bonds. The Balaban J connectivity index is 1.69. The highest BCUT2D eigenvalue weighted by atomic mass is 19.3. The summed E-state index contributed by atoms with van der Waals surface area (Å²) in [6, 6.07) is 10.6. The number of likely N-dealkylation sites (tertiary alicyclic amines) is 2. The maximum atomic E-state index is 14.5. The van der Waals surface area contributed by atoms with Crippen molar-refractivity contribution in [1.29, 1.82) is 5.26 Å². The fourth-order valence-corrected chi connectivity index (χ4v) is 5.01. The van der Waals surface area contributed by atoms with Gasteiger partial charge in [0.25, 0.3) is 11.8 Å². The number of nitrogens with one attached hydrogen (secondary N) is 1. The van der Waals surface area contributed by atoms with Crippen LogP contribution in [0.5, 0.6) is 0 Å². The number of alkyl carbamates (subject to hydrolysis) is 1. The van der Waals surface area contributed by atoms with Crippen LogP contribution in [-0.2, 0) is 16.0 Å². The third kappa shape index (κ3) is 7.74.